The molecule has 1 unspecified atom stereocenters. The molecule has 0 fully saturated rings. The molecule has 1 aliphatic heterocycles. The van der Waals surface area contributed by atoms with Crippen molar-refractivity contribution in [2.24, 2.45) is 5.92 Å². The number of Topliss-reactive ketones (excluding diaryl/α,β-unsaturated/α-hetero) is 1. The van der Waals surface area contributed by atoms with Gasteiger partial charge in [-0.2, -0.15) is 10.4 Å². The number of hydrogen-bond acceptors (Lipinski definition) is 5. The molecular weight excluding hydrogens is 432 g/mol. The molecule has 1 atom stereocenters. The average molecular weight is 451 g/mol. The average Bonchev–Trinajstić information content (AvgIpc) is 3.26. The van der Waals surface area contributed by atoms with Gasteiger partial charge in [0.2, 0.25) is 11.7 Å². The number of nitrogens with zero attached hydrogens (tertiary/aromatic N) is 3. The van der Waals surface area contributed by atoms with Gasteiger partial charge in [0.05, 0.1) is 17.5 Å². The van der Waals surface area contributed by atoms with Crippen LogP contribution in [0.1, 0.15) is 16.1 Å². The van der Waals surface area contributed by atoms with Gasteiger partial charge in [0.1, 0.15) is 5.69 Å². The van der Waals surface area contributed by atoms with Crippen LogP contribution in [0.4, 0.5) is 5.69 Å². The lowest BCUT2D eigenvalue weighted by Crippen LogP contribution is -2.29. The first-order chi connectivity index (χ1) is 16.2. The predicted octanol–water partition coefficient (Wildman–Crippen LogP) is 5.11. The number of aromatic nitrogens is 2. The molecule has 1 aliphatic rings. The molecule has 0 aliphatic carbocycles. The molecule has 160 valence electrons. The summed E-state index contributed by atoms with van der Waals surface area (Å²) in [6, 6.07) is 28.2. The molecular formula is C26H18N4O2S. The quantitative estimate of drug-likeness (QED) is 0.337. The van der Waals surface area contributed by atoms with Crippen molar-refractivity contribution >= 4 is 29.1 Å². The van der Waals surface area contributed by atoms with E-state index in [1.165, 1.54) is 0 Å². The smallest absolute Gasteiger partial charge is 0.249 e. The Morgan fingerprint density at radius 2 is 1.64 bits per heavy atom. The maximum atomic E-state index is 13.5. The Kier molecular flexibility index (Phi) is 5.51. The number of carbonyl (C=O) groups excluding carboxylic acids is 2. The predicted molar refractivity (Wildman–Crippen MR) is 127 cm³/mol. The van der Waals surface area contributed by atoms with Gasteiger partial charge in [0, 0.05) is 27.5 Å². The van der Waals surface area contributed by atoms with Crippen LogP contribution in [0.2, 0.25) is 0 Å². The van der Waals surface area contributed by atoms with Crippen molar-refractivity contribution in [3.05, 3.63) is 96.2 Å². The molecule has 0 spiro atoms. The third kappa shape index (κ3) is 3.81. The maximum Gasteiger partial charge on any atom is 0.249 e. The first-order valence-corrected chi connectivity index (χ1v) is 11.3. The van der Waals surface area contributed by atoms with Gasteiger partial charge in [-0.3, -0.25) is 9.59 Å². The van der Waals surface area contributed by atoms with Crippen molar-refractivity contribution in [2.75, 3.05) is 5.32 Å². The lowest BCUT2D eigenvalue weighted by atomic mass is 9.97. The summed E-state index contributed by atoms with van der Waals surface area (Å²) in [4.78, 5) is 27.4. The number of nitriles is 1. The summed E-state index contributed by atoms with van der Waals surface area (Å²) in [7, 11) is 0. The molecule has 1 N–H and O–H groups in total. The fraction of sp³-hybridized carbons (Fsp3) is 0.0769. The minimum absolute atomic E-state index is 0.158. The number of benzene rings is 3. The topological polar surface area (TPSA) is 87.8 Å². The van der Waals surface area contributed by atoms with E-state index in [1.807, 2.05) is 66.7 Å². The Hall–Kier alpha value is -4.15. The summed E-state index contributed by atoms with van der Waals surface area (Å²) in [5.74, 6) is -2.24. The zero-order valence-electron chi connectivity index (χ0n) is 17.4. The lowest BCUT2D eigenvalue weighted by molar-refractivity contribution is -0.117. The van der Waals surface area contributed by atoms with E-state index in [2.05, 4.69) is 10.4 Å². The second kappa shape index (κ2) is 8.77. The van der Waals surface area contributed by atoms with Crippen LogP contribution in [0.5, 0.6) is 0 Å². The van der Waals surface area contributed by atoms with Crippen LogP contribution in [0.3, 0.4) is 0 Å². The molecule has 0 saturated carbocycles. The number of rotatable bonds is 5. The minimum Gasteiger partial charge on any atom is -0.325 e. The number of para-hydroxylation sites is 2. The van der Waals surface area contributed by atoms with Gasteiger partial charge in [0.25, 0.3) is 0 Å². The van der Waals surface area contributed by atoms with E-state index in [4.69, 9.17) is 0 Å². The third-order valence-corrected chi connectivity index (χ3v) is 6.53. The number of nitrogens with one attached hydrogen (secondary N) is 1. The maximum absolute atomic E-state index is 13.5. The van der Waals surface area contributed by atoms with Gasteiger partial charge in [-0.1, -0.05) is 54.6 Å². The van der Waals surface area contributed by atoms with Crippen LogP contribution in [-0.2, 0) is 10.5 Å². The third-order valence-electron chi connectivity index (χ3n) is 5.43. The van der Waals surface area contributed by atoms with E-state index < -0.39 is 17.6 Å². The highest BCUT2D eigenvalue weighted by Gasteiger charge is 2.35. The van der Waals surface area contributed by atoms with Crippen LogP contribution in [0.25, 0.3) is 16.9 Å². The number of hydrogen-bond donors (Lipinski definition) is 1. The number of anilines is 1. The number of fused-ring (bicyclic) bond motifs is 3. The standard InChI is InChI=1S/C26H18N4O2S/c27-15-20(26(32)28-17-9-3-1-4-10-17)25(31)23-21-16-33-22-14-8-7-13-19(22)24(21)30(29-23)18-11-5-2-6-12-18/h1-14,20H,16H2,(H,28,32). The highest BCUT2D eigenvalue weighted by atomic mass is 32.2. The SMILES string of the molecule is N#CC(C(=O)Nc1ccccc1)C(=O)c1nn(-c2ccccc2)c2c1CSc1ccccc1-2. The molecule has 0 bridgehead atoms. The van der Waals surface area contributed by atoms with Crippen molar-refractivity contribution in [3.8, 4) is 23.0 Å². The molecule has 33 heavy (non-hydrogen) atoms. The van der Waals surface area contributed by atoms with Crippen molar-refractivity contribution < 1.29 is 9.59 Å². The van der Waals surface area contributed by atoms with Crippen molar-refractivity contribution in [1.29, 1.82) is 5.26 Å². The fourth-order valence-corrected chi connectivity index (χ4v) is 4.93. The Labute approximate surface area is 194 Å². The van der Waals surface area contributed by atoms with Crippen molar-refractivity contribution in [2.45, 2.75) is 10.6 Å². The molecule has 4 aromatic rings. The number of thioether (sulfide) groups is 1. The van der Waals surface area contributed by atoms with E-state index in [-0.39, 0.29) is 5.69 Å². The van der Waals surface area contributed by atoms with Gasteiger partial charge in [0.15, 0.2) is 5.92 Å². The summed E-state index contributed by atoms with van der Waals surface area (Å²) in [6.45, 7) is 0. The lowest BCUT2D eigenvalue weighted by Gasteiger charge is -2.18. The highest BCUT2D eigenvalue weighted by Crippen LogP contribution is 2.43. The molecule has 6 nitrogen and oxygen atoms in total. The summed E-state index contributed by atoms with van der Waals surface area (Å²) in [5, 5.41) is 17.0. The fourth-order valence-electron chi connectivity index (χ4n) is 3.86. The zero-order chi connectivity index (χ0) is 22.8. The number of ketones is 1. The summed E-state index contributed by atoms with van der Waals surface area (Å²) in [5.41, 5.74) is 4.01. The molecule has 5 rings (SSSR count). The van der Waals surface area contributed by atoms with E-state index in [9.17, 15) is 14.9 Å². The number of carbonyl (C=O) groups is 2. The summed E-state index contributed by atoms with van der Waals surface area (Å²) in [6.07, 6.45) is 0. The van der Waals surface area contributed by atoms with Crippen LogP contribution < -0.4 is 5.32 Å². The molecule has 1 aromatic heterocycles. The van der Waals surface area contributed by atoms with Gasteiger partial charge in [-0.05, 0) is 30.3 Å². The molecule has 0 radical (unpaired) electrons. The highest BCUT2D eigenvalue weighted by molar-refractivity contribution is 7.98. The van der Waals surface area contributed by atoms with Crippen LogP contribution in [-0.4, -0.2) is 21.5 Å². The molecule has 2 heterocycles. The monoisotopic (exact) mass is 450 g/mol. The Morgan fingerprint density at radius 1 is 0.970 bits per heavy atom. The minimum atomic E-state index is -1.50. The second-order valence-corrected chi connectivity index (χ2v) is 8.51. The van der Waals surface area contributed by atoms with E-state index in [0.29, 0.717) is 11.4 Å². The first-order valence-electron chi connectivity index (χ1n) is 10.4. The Bertz CT molecular complexity index is 1390. The van der Waals surface area contributed by atoms with E-state index in [0.717, 1.165) is 27.4 Å². The van der Waals surface area contributed by atoms with E-state index in [1.54, 1.807) is 40.7 Å². The second-order valence-electron chi connectivity index (χ2n) is 7.49. The Morgan fingerprint density at radius 3 is 2.36 bits per heavy atom. The van der Waals surface area contributed by atoms with Gasteiger partial charge < -0.3 is 5.32 Å². The van der Waals surface area contributed by atoms with Crippen LogP contribution in [0.15, 0.2) is 89.8 Å². The summed E-state index contributed by atoms with van der Waals surface area (Å²) >= 11 is 1.61. The molecule has 1 amide bonds. The van der Waals surface area contributed by atoms with Gasteiger partial charge in [-0.15, -0.1) is 11.8 Å². The van der Waals surface area contributed by atoms with Gasteiger partial charge in [-0.25, -0.2) is 4.68 Å². The van der Waals surface area contributed by atoms with Gasteiger partial charge >= 0.3 is 0 Å². The Balaban J connectivity index is 1.59. The first kappa shape index (κ1) is 20.7. The molecule has 3 aromatic carbocycles. The van der Waals surface area contributed by atoms with Crippen molar-refractivity contribution in [1.82, 2.24) is 9.78 Å². The molecule has 7 heteroatoms. The zero-order valence-corrected chi connectivity index (χ0v) is 18.3. The normalized spacial score (nSPS) is 12.7. The van der Waals surface area contributed by atoms with Crippen LogP contribution >= 0.6 is 11.8 Å². The largest absolute Gasteiger partial charge is 0.325 e. The number of amides is 1. The molecule has 0 saturated heterocycles. The van der Waals surface area contributed by atoms with E-state index >= 15 is 0 Å². The van der Waals surface area contributed by atoms with Crippen LogP contribution in [0, 0.1) is 17.2 Å². The summed E-state index contributed by atoms with van der Waals surface area (Å²) < 4.78 is 1.74. The van der Waals surface area contributed by atoms with Crippen molar-refractivity contribution in [3.63, 3.8) is 0 Å².